The Hall–Kier alpha value is -1.29. The molecule has 0 radical (unpaired) electrons. The quantitative estimate of drug-likeness (QED) is 0.695. The van der Waals surface area contributed by atoms with Crippen LogP contribution < -0.4 is 0 Å². The highest BCUT2D eigenvalue weighted by atomic mass is 32.1. The topological polar surface area (TPSA) is 38.7 Å². The van der Waals surface area contributed by atoms with E-state index in [2.05, 4.69) is 26.7 Å². The molecular formula is C9H9N3S. The smallest absolute Gasteiger partial charge is 0.193 e. The first-order valence-electron chi connectivity index (χ1n) is 4.03. The Bertz CT molecular complexity index is 459. The molecule has 3 nitrogen and oxygen atoms in total. The SMILES string of the molecule is C/C=C(\C)c1cnc2nsnc2c1. The molecule has 0 amide bonds. The molecular weight excluding hydrogens is 182 g/mol. The van der Waals surface area contributed by atoms with Crippen LogP contribution in [-0.4, -0.2) is 13.7 Å². The predicted octanol–water partition coefficient (Wildman–Crippen LogP) is 2.51. The van der Waals surface area contributed by atoms with Crippen LogP contribution in [0.1, 0.15) is 19.4 Å². The second-order valence-electron chi connectivity index (χ2n) is 2.80. The molecule has 0 aliphatic rings. The van der Waals surface area contributed by atoms with Crippen molar-refractivity contribution in [2.24, 2.45) is 0 Å². The van der Waals surface area contributed by atoms with Gasteiger partial charge in [0.05, 0.1) is 11.7 Å². The van der Waals surface area contributed by atoms with Crippen molar-refractivity contribution in [3.05, 3.63) is 23.9 Å². The maximum atomic E-state index is 4.21. The first-order chi connectivity index (χ1) is 6.31. The molecule has 66 valence electrons. The van der Waals surface area contributed by atoms with Crippen LogP contribution in [0, 0.1) is 0 Å². The van der Waals surface area contributed by atoms with Crippen molar-refractivity contribution in [2.45, 2.75) is 13.8 Å². The van der Waals surface area contributed by atoms with Gasteiger partial charge < -0.3 is 0 Å². The Labute approximate surface area is 80.5 Å². The number of hydrogen-bond acceptors (Lipinski definition) is 4. The Balaban J connectivity index is 2.60. The lowest BCUT2D eigenvalue weighted by Gasteiger charge is -1.97. The molecule has 0 aromatic carbocycles. The molecule has 0 aliphatic carbocycles. The summed E-state index contributed by atoms with van der Waals surface area (Å²) in [6, 6.07) is 2.02. The molecule has 2 heterocycles. The fourth-order valence-electron chi connectivity index (χ4n) is 1.07. The highest BCUT2D eigenvalue weighted by Gasteiger charge is 2.01. The molecule has 0 spiro atoms. The molecule has 0 saturated heterocycles. The van der Waals surface area contributed by atoms with Gasteiger partial charge in [-0.15, -0.1) is 0 Å². The molecule has 2 aromatic heterocycles. The third kappa shape index (κ3) is 1.45. The highest BCUT2D eigenvalue weighted by molar-refractivity contribution is 7.00. The van der Waals surface area contributed by atoms with E-state index in [9.17, 15) is 0 Å². The molecule has 0 unspecified atom stereocenters. The van der Waals surface area contributed by atoms with E-state index in [1.807, 2.05) is 19.2 Å². The Morgan fingerprint density at radius 1 is 1.46 bits per heavy atom. The van der Waals surface area contributed by atoms with Crippen molar-refractivity contribution in [2.75, 3.05) is 0 Å². The zero-order chi connectivity index (χ0) is 9.26. The molecule has 0 aliphatic heterocycles. The van der Waals surface area contributed by atoms with Gasteiger partial charge >= 0.3 is 0 Å². The second kappa shape index (κ2) is 3.22. The minimum Gasteiger partial charge on any atom is -0.234 e. The molecule has 2 rings (SSSR count). The Morgan fingerprint density at radius 2 is 2.31 bits per heavy atom. The van der Waals surface area contributed by atoms with Crippen molar-refractivity contribution in [3.63, 3.8) is 0 Å². The van der Waals surface area contributed by atoms with E-state index in [4.69, 9.17) is 0 Å². The van der Waals surface area contributed by atoms with Crippen molar-refractivity contribution in [3.8, 4) is 0 Å². The molecule has 0 fully saturated rings. The predicted molar refractivity (Wildman–Crippen MR) is 54.5 cm³/mol. The van der Waals surface area contributed by atoms with Gasteiger partial charge in [-0.3, -0.25) is 0 Å². The average Bonchev–Trinajstić information content (AvgIpc) is 2.63. The summed E-state index contributed by atoms with van der Waals surface area (Å²) in [6.45, 7) is 4.07. The van der Waals surface area contributed by atoms with Crippen LogP contribution in [0.4, 0.5) is 0 Å². The summed E-state index contributed by atoms with van der Waals surface area (Å²) in [5.41, 5.74) is 3.94. The van der Waals surface area contributed by atoms with Gasteiger partial charge in [0.1, 0.15) is 5.52 Å². The summed E-state index contributed by atoms with van der Waals surface area (Å²) >= 11 is 1.20. The summed E-state index contributed by atoms with van der Waals surface area (Å²) in [6.07, 6.45) is 3.89. The minimum atomic E-state index is 0.734. The first-order valence-corrected chi connectivity index (χ1v) is 4.76. The summed E-state index contributed by atoms with van der Waals surface area (Å²) in [7, 11) is 0. The standard InChI is InChI=1S/C9H9N3S/c1-3-6(2)7-4-8-9(10-5-7)12-13-11-8/h3-5H,1-2H3/b6-3+. The zero-order valence-corrected chi connectivity index (χ0v) is 8.30. The van der Waals surface area contributed by atoms with E-state index in [-0.39, 0.29) is 0 Å². The van der Waals surface area contributed by atoms with E-state index in [1.165, 1.54) is 17.3 Å². The summed E-state index contributed by atoms with van der Waals surface area (Å²) in [5.74, 6) is 0. The summed E-state index contributed by atoms with van der Waals surface area (Å²) < 4.78 is 8.18. The van der Waals surface area contributed by atoms with Crippen LogP contribution in [0.15, 0.2) is 18.3 Å². The monoisotopic (exact) mass is 191 g/mol. The van der Waals surface area contributed by atoms with Gasteiger partial charge in [-0.25, -0.2) is 4.98 Å². The van der Waals surface area contributed by atoms with Crippen LogP contribution in [0.5, 0.6) is 0 Å². The van der Waals surface area contributed by atoms with Crippen LogP contribution in [-0.2, 0) is 0 Å². The maximum absolute atomic E-state index is 4.21. The number of hydrogen-bond donors (Lipinski definition) is 0. The number of fused-ring (bicyclic) bond motifs is 1. The van der Waals surface area contributed by atoms with Crippen LogP contribution >= 0.6 is 11.7 Å². The molecule has 0 saturated carbocycles. The van der Waals surface area contributed by atoms with Gasteiger partial charge in [0, 0.05) is 6.20 Å². The van der Waals surface area contributed by atoms with Crippen LogP contribution in [0.25, 0.3) is 16.7 Å². The zero-order valence-electron chi connectivity index (χ0n) is 7.48. The normalized spacial score (nSPS) is 12.3. The van der Waals surface area contributed by atoms with E-state index < -0.39 is 0 Å². The molecule has 13 heavy (non-hydrogen) atoms. The fourth-order valence-corrected chi connectivity index (χ4v) is 1.55. The van der Waals surface area contributed by atoms with Gasteiger partial charge in [0.25, 0.3) is 0 Å². The fraction of sp³-hybridized carbons (Fsp3) is 0.222. The lowest BCUT2D eigenvalue weighted by atomic mass is 10.1. The average molecular weight is 191 g/mol. The van der Waals surface area contributed by atoms with Gasteiger partial charge in [0.2, 0.25) is 0 Å². The van der Waals surface area contributed by atoms with Gasteiger partial charge in [-0.1, -0.05) is 6.08 Å². The van der Waals surface area contributed by atoms with E-state index in [1.54, 1.807) is 0 Å². The van der Waals surface area contributed by atoms with E-state index >= 15 is 0 Å². The van der Waals surface area contributed by atoms with Crippen LogP contribution in [0.3, 0.4) is 0 Å². The van der Waals surface area contributed by atoms with Crippen molar-refractivity contribution in [1.29, 1.82) is 0 Å². The Kier molecular flexibility index (Phi) is 2.06. The molecule has 0 atom stereocenters. The summed E-state index contributed by atoms with van der Waals surface area (Å²) in [5, 5.41) is 0. The van der Waals surface area contributed by atoms with E-state index in [0.29, 0.717) is 0 Å². The van der Waals surface area contributed by atoms with Gasteiger partial charge in [0.15, 0.2) is 5.65 Å². The number of rotatable bonds is 1. The van der Waals surface area contributed by atoms with Crippen molar-refractivity contribution < 1.29 is 0 Å². The molecule has 4 heteroatoms. The largest absolute Gasteiger partial charge is 0.234 e. The van der Waals surface area contributed by atoms with Crippen LogP contribution in [0.2, 0.25) is 0 Å². The van der Waals surface area contributed by atoms with E-state index in [0.717, 1.165) is 16.7 Å². The molecule has 2 aromatic rings. The Morgan fingerprint density at radius 3 is 3.08 bits per heavy atom. The first kappa shape index (κ1) is 8.31. The van der Waals surface area contributed by atoms with Gasteiger partial charge in [-0.05, 0) is 31.1 Å². The third-order valence-electron chi connectivity index (χ3n) is 2.00. The highest BCUT2D eigenvalue weighted by Crippen LogP contribution is 2.16. The second-order valence-corrected chi connectivity index (χ2v) is 3.33. The number of aromatic nitrogens is 3. The van der Waals surface area contributed by atoms with Crippen molar-refractivity contribution >= 4 is 28.5 Å². The minimum absolute atomic E-state index is 0.734. The van der Waals surface area contributed by atoms with Crippen molar-refractivity contribution in [1.82, 2.24) is 13.7 Å². The number of allylic oxidation sites excluding steroid dienone is 2. The van der Waals surface area contributed by atoms with Gasteiger partial charge in [-0.2, -0.15) is 8.75 Å². The summed E-state index contributed by atoms with van der Waals surface area (Å²) in [4.78, 5) is 4.21. The lowest BCUT2D eigenvalue weighted by molar-refractivity contribution is 1.34. The molecule has 0 N–H and O–H groups in total. The number of pyridine rings is 1. The maximum Gasteiger partial charge on any atom is 0.193 e. The number of nitrogens with zero attached hydrogens (tertiary/aromatic N) is 3. The molecule has 0 bridgehead atoms. The lowest BCUT2D eigenvalue weighted by Crippen LogP contribution is -1.83. The third-order valence-corrected chi connectivity index (χ3v) is 2.53.